The van der Waals surface area contributed by atoms with Crippen molar-refractivity contribution in [3.8, 4) is 5.75 Å². The number of hydrogen-bond acceptors (Lipinski definition) is 5. The van der Waals surface area contributed by atoms with Gasteiger partial charge in [-0.3, -0.25) is 9.69 Å². The van der Waals surface area contributed by atoms with E-state index in [1.165, 1.54) is 6.07 Å². The number of halogens is 1. The fourth-order valence-corrected chi connectivity index (χ4v) is 6.45. The monoisotopic (exact) mass is 495 g/mol. The van der Waals surface area contributed by atoms with Crippen molar-refractivity contribution in [2.45, 2.75) is 75.1 Å². The average molecular weight is 496 g/mol. The molecule has 36 heavy (non-hydrogen) atoms. The fourth-order valence-electron chi connectivity index (χ4n) is 6.45. The molecule has 2 N–H and O–H groups in total. The molecule has 0 spiro atoms. The van der Waals surface area contributed by atoms with Crippen LogP contribution in [0.5, 0.6) is 5.75 Å². The molecule has 0 saturated carbocycles. The van der Waals surface area contributed by atoms with Crippen molar-refractivity contribution in [1.29, 1.82) is 0 Å². The van der Waals surface area contributed by atoms with Crippen LogP contribution in [0.3, 0.4) is 0 Å². The number of benzene rings is 2. The summed E-state index contributed by atoms with van der Waals surface area (Å²) in [6.45, 7) is 2.03. The van der Waals surface area contributed by atoms with Crippen molar-refractivity contribution in [1.82, 2.24) is 10.2 Å². The highest BCUT2D eigenvalue weighted by molar-refractivity contribution is 5.76. The molecule has 0 radical (unpaired) electrons. The van der Waals surface area contributed by atoms with Gasteiger partial charge in [0.2, 0.25) is 5.91 Å². The number of fused-ring (bicyclic) bond motifs is 1. The number of ether oxygens (including phenoxy) is 1. The van der Waals surface area contributed by atoms with Crippen LogP contribution in [0.2, 0.25) is 0 Å². The third-order valence-electron chi connectivity index (χ3n) is 8.40. The maximum absolute atomic E-state index is 14.6. The molecule has 0 aliphatic carbocycles. The van der Waals surface area contributed by atoms with Gasteiger partial charge < -0.3 is 20.1 Å². The Balaban J connectivity index is 1.33. The summed E-state index contributed by atoms with van der Waals surface area (Å²) >= 11 is 0. The molecule has 7 heteroatoms. The number of methoxy groups -OCH3 is 1. The molecular weight excluding hydrogens is 457 g/mol. The van der Waals surface area contributed by atoms with E-state index in [0.29, 0.717) is 37.8 Å². The highest BCUT2D eigenvalue weighted by Crippen LogP contribution is 2.37. The number of anilines is 1. The van der Waals surface area contributed by atoms with E-state index in [1.54, 1.807) is 13.2 Å². The Morgan fingerprint density at radius 1 is 1.11 bits per heavy atom. The second kappa shape index (κ2) is 10.8. The Morgan fingerprint density at radius 2 is 1.86 bits per heavy atom. The van der Waals surface area contributed by atoms with Gasteiger partial charge in [0.15, 0.2) is 0 Å². The minimum Gasteiger partial charge on any atom is -0.495 e. The summed E-state index contributed by atoms with van der Waals surface area (Å²) in [5.74, 6) is 0.773. The second-order valence-electron chi connectivity index (χ2n) is 10.7. The summed E-state index contributed by atoms with van der Waals surface area (Å²) in [4.78, 5) is 17.1. The van der Waals surface area contributed by atoms with Gasteiger partial charge in [-0.1, -0.05) is 36.8 Å². The molecule has 3 heterocycles. The predicted molar refractivity (Wildman–Crippen MR) is 139 cm³/mol. The first-order chi connectivity index (χ1) is 17.5. The van der Waals surface area contributed by atoms with Crippen LogP contribution in [0.15, 0.2) is 48.5 Å². The van der Waals surface area contributed by atoms with Gasteiger partial charge in [0, 0.05) is 44.2 Å². The minimum atomic E-state index is -0.826. The van der Waals surface area contributed by atoms with Crippen molar-refractivity contribution >= 4 is 11.6 Å². The number of likely N-dealkylation sites (tertiary alicyclic amines) is 1. The number of hydrogen-bond donors (Lipinski definition) is 2. The summed E-state index contributed by atoms with van der Waals surface area (Å²) in [7, 11) is 1.69. The number of β-amino-alcohol motifs (C(OH)–C–C–N with tert-alkyl or cyclic N) is 1. The van der Waals surface area contributed by atoms with Gasteiger partial charge >= 0.3 is 0 Å². The molecule has 3 fully saturated rings. The topological polar surface area (TPSA) is 65.0 Å². The Hall–Kier alpha value is -2.64. The molecule has 0 bridgehead atoms. The van der Waals surface area contributed by atoms with Gasteiger partial charge in [0.05, 0.1) is 18.4 Å². The number of para-hydroxylation sites is 2. The lowest BCUT2D eigenvalue weighted by Gasteiger charge is -2.44. The van der Waals surface area contributed by atoms with Gasteiger partial charge in [-0.15, -0.1) is 0 Å². The third-order valence-corrected chi connectivity index (χ3v) is 8.40. The average Bonchev–Trinajstić information content (AvgIpc) is 3.16. The van der Waals surface area contributed by atoms with E-state index in [1.807, 2.05) is 30.3 Å². The molecule has 3 atom stereocenters. The summed E-state index contributed by atoms with van der Waals surface area (Å²) in [6.07, 6.45) is 6.12. The zero-order valence-electron chi connectivity index (χ0n) is 21.2. The minimum absolute atomic E-state index is 0.0480. The summed E-state index contributed by atoms with van der Waals surface area (Å²) in [6, 6.07) is 15.3. The molecule has 2 aromatic rings. The first-order valence-electron chi connectivity index (χ1n) is 13.3. The summed E-state index contributed by atoms with van der Waals surface area (Å²) < 4.78 is 20.1. The third kappa shape index (κ3) is 5.37. The number of amides is 1. The molecule has 0 aromatic heterocycles. The first kappa shape index (κ1) is 25.0. The molecule has 2 aromatic carbocycles. The van der Waals surface area contributed by atoms with Crippen LogP contribution in [-0.4, -0.2) is 66.4 Å². The lowest BCUT2D eigenvalue weighted by Crippen LogP contribution is -2.55. The summed E-state index contributed by atoms with van der Waals surface area (Å²) in [5.41, 5.74) is 0.933. The molecular formula is C29H38FN3O3. The molecule has 3 saturated heterocycles. The first-order valence-corrected chi connectivity index (χ1v) is 13.3. The number of piperidine rings is 1. The van der Waals surface area contributed by atoms with Gasteiger partial charge in [-0.2, -0.15) is 0 Å². The number of carbonyl (C=O) groups is 1. The smallest absolute Gasteiger partial charge is 0.220 e. The Labute approximate surface area is 213 Å². The van der Waals surface area contributed by atoms with Crippen LogP contribution in [0.4, 0.5) is 10.1 Å². The molecule has 194 valence electrons. The number of rotatable bonds is 6. The van der Waals surface area contributed by atoms with Crippen molar-refractivity contribution in [3.05, 3.63) is 59.9 Å². The van der Waals surface area contributed by atoms with E-state index in [2.05, 4.69) is 21.2 Å². The number of nitrogens with one attached hydrogen (secondary N) is 1. The molecule has 1 amide bonds. The summed E-state index contributed by atoms with van der Waals surface area (Å²) in [5, 5.41) is 15.0. The van der Waals surface area contributed by atoms with E-state index in [9.17, 15) is 14.3 Å². The van der Waals surface area contributed by atoms with Crippen LogP contribution in [0.1, 0.15) is 50.5 Å². The second-order valence-corrected chi connectivity index (χ2v) is 10.7. The van der Waals surface area contributed by atoms with Crippen LogP contribution in [0, 0.1) is 5.82 Å². The van der Waals surface area contributed by atoms with Crippen LogP contribution >= 0.6 is 0 Å². The predicted octanol–water partition coefficient (Wildman–Crippen LogP) is 3.91. The lowest BCUT2D eigenvalue weighted by molar-refractivity contribution is -0.122. The zero-order chi connectivity index (χ0) is 25.1. The molecule has 6 nitrogen and oxygen atoms in total. The van der Waals surface area contributed by atoms with Gasteiger partial charge in [-0.25, -0.2) is 4.39 Å². The van der Waals surface area contributed by atoms with Crippen molar-refractivity contribution in [3.63, 3.8) is 0 Å². The van der Waals surface area contributed by atoms with E-state index < -0.39 is 5.60 Å². The van der Waals surface area contributed by atoms with Crippen LogP contribution in [-0.2, 0) is 11.2 Å². The number of aliphatic hydroxyl groups is 1. The standard InChI is InChI=1S/C29H38FN3O3/c1-36-27-12-6-4-11-26(27)32-16-14-29(35,15-17-32)20-33-22(18-21-8-2-3-9-23(21)30)19-24-25(33)10-5-7-13-28(34)31-24/h2-4,6,8-9,11-12,22,24-25,35H,5,7,10,13-20H2,1H3,(H,31,34)/t22-,24+,25-/m0/s1. The van der Waals surface area contributed by atoms with E-state index in [-0.39, 0.29) is 29.8 Å². The van der Waals surface area contributed by atoms with Gasteiger partial charge in [0.1, 0.15) is 11.6 Å². The Bertz CT molecular complexity index is 1060. The lowest BCUT2D eigenvalue weighted by atomic mass is 9.89. The van der Waals surface area contributed by atoms with Gasteiger partial charge in [-0.05, 0) is 62.3 Å². The van der Waals surface area contributed by atoms with E-state index >= 15 is 0 Å². The highest BCUT2D eigenvalue weighted by atomic mass is 19.1. The maximum atomic E-state index is 14.6. The van der Waals surface area contributed by atoms with Crippen LogP contribution in [0.25, 0.3) is 0 Å². The highest BCUT2D eigenvalue weighted by Gasteiger charge is 2.46. The van der Waals surface area contributed by atoms with Crippen molar-refractivity contribution < 1.29 is 19.0 Å². The van der Waals surface area contributed by atoms with Crippen LogP contribution < -0.4 is 15.0 Å². The maximum Gasteiger partial charge on any atom is 0.220 e. The van der Waals surface area contributed by atoms with E-state index in [0.717, 1.165) is 50.2 Å². The Morgan fingerprint density at radius 3 is 2.64 bits per heavy atom. The number of nitrogens with zero attached hydrogens (tertiary/aromatic N) is 2. The molecule has 0 unspecified atom stereocenters. The quantitative estimate of drug-likeness (QED) is 0.636. The number of carbonyl (C=O) groups excluding carboxylic acids is 1. The largest absolute Gasteiger partial charge is 0.495 e. The van der Waals surface area contributed by atoms with Crippen molar-refractivity contribution in [2.24, 2.45) is 0 Å². The molecule has 3 aliphatic rings. The SMILES string of the molecule is COc1ccccc1N1CCC(O)(CN2[C@@H](Cc3ccccc3F)C[C@H]3NC(=O)CCCC[C@@H]32)CC1. The molecule has 5 rings (SSSR count). The van der Waals surface area contributed by atoms with Gasteiger partial charge in [0.25, 0.3) is 0 Å². The fraction of sp³-hybridized carbons (Fsp3) is 0.552. The molecule has 3 aliphatic heterocycles. The van der Waals surface area contributed by atoms with E-state index in [4.69, 9.17) is 4.74 Å². The zero-order valence-corrected chi connectivity index (χ0v) is 21.2. The Kier molecular flexibility index (Phi) is 7.49. The normalized spacial score (nSPS) is 26.6. The van der Waals surface area contributed by atoms with Crippen molar-refractivity contribution in [2.75, 3.05) is 31.6 Å².